The first-order chi connectivity index (χ1) is 13.1. The van der Waals surface area contributed by atoms with Crippen molar-refractivity contribution in [2.75, 3.05) is 18.0 Å². The van der Waals surface area contributed by atoms with Crippen LogP contribution < -0.4 is 9.62 Å². The quantitative estimate of drug-likeness (QED) is 0.813. The molecule has 28 heavy (non-hydrogen) atoms. The zero-order valence-corrected chi connectivity index (χ0v) is 16.1. The fourth-order valence-electron chi connectivity index (χ4n) is 3.06. The Hall–Kier alpha value is -2.20. The first-order valence-corrected chi connectivity index (χ1v) is 10.4. The summed E-state index contributed by atoms with van der Waals surface area (Å²) in [4.78, 5) is 10.3. The van der Waals surface area contributed by atoms with E-state index in [9.17, 15) is 21.6 Å². The van der Waals surface area contributed by atoms with Crippen molar-refractivity contribution in [3.8, 4) is 0 Å². The molecular weight excluding hydrogens is 393 g/mol. The predicted molar refractivity (Wildman–Crippen MR) is 98.3 cm³/mol. The average Bonchev–Trinajstić information content (AvgIpc) is 2.66. The lowest BCUT2D eigenvalue weighted by atomic mass is 10.1. The van der Waals surface area contributed by atoms with Crippen molar-refractivity contribution < 1.29 is 21.6 Å². The molecule has 1 saturated heterocycles. The van der Waals surface area contributed by atoms with E-state index in [0.29, 0.717) is 11.8 Å². The molecule has 0 unspecified atom stereocenters. The number of aromatic nitrogens is 2. The standard InChI is InChI=1S/C18H21F3N4O2S/c1-13-10-17(25-8-3-2-4-9-25)24-16(23-13)12-22-28(26,27)15-7-5-6-14(11-15)18(19,20)21/h5-7,10-11,22H,2-4,8-9,12H2,1H3. The fraction of sp³-hybridized carbons (Fsp3) is 0.444. The van der Waals surface area contributed by atoms with Crippen LogP contribution in [0.3, 0.4) is 0 Å². The van der Waals surface area contributed by atoms with E-state index in [-0.39, 0.29) is 12.4 Å². The number of hydrogen-bond acceptors (Lipinski definition) is 5. The smallest absolute Gasteiger partial charge is 0.357 e. The highest BCUT2D eigenvalue weighted by atomic mass is 32.2. The molecule has 2 aromatic rings. The third kappa shape index (κ3) is 4.99. The van der Waals surface area contributed by atoms with Crippen LogP contribution in [-0.4, -0.2) is 31.5 Å². The van der Waals surface area contributed by atoms with Gasteiger partial charge in [0, 0.05) is 24.8 Å². The second-order valence-electron chi connectivity index (χ2n) is 6.68. The van der Waals surface area contributed by atoms with Gasteiger partial charge in [-0.1, -0.05) is 6.07 Å². The van der Waals surface area contributed by atoms with Gasteiger partial charge in [0.15, 0.2) is 0 Å². The Bertz CT molecular complexity index is 942. The normalized spacial score (nSPS) is 15.6. The molecule has 1 aliphatic heterocycles. The Morgan fingerprint density at radius 2 is 1.82 bits per heavy atom. The number of hydrogen-bond donors (Lipinski definition) is 1. The minimum absolute atomic E-state index is 0.207. The molecule has 0 spiro atoms. The number of benzene rings is 1. The Kier molecular flexibility index (Phi) is 5.90. The molecule has 0 bridgehead atoms. The zero-order chi connectivity index (χ0) is 20.4. The number of sulfonamides is 1. The predicted octanol–water partition coefficient (Wildman–Crippen LogP) is 3.27. The molecule has 0 radical (unpaired) electrons. The number of nitrogens with zero attached hydrogens (tertiary/aromatic N) is 3. The van der Waals surface area contributed by atoms with Crippen LogP contribution in [0.15, 0.2) is 35.2 Å². The summed E-state index contributed by atoms with van der Waals surface area (Å²) >= 11 is 0. The molecule has 1 N–H and O–H groups in total. The molecule has 0 aliphatic carbocycles. The lowest BCUT2D eigenvalue weighted by Crippen LogP contribution is -2.31. The maximum absolute atomic E-state index is 12.8. The highest BCUT2D eigenvalue weighted by molar-refractivity contribution is 7.89. The van der Waals surface area contributed by atoms with E-state index in [1.165, 1.54) is 6.42 Å². The second kappa shape index (κ2) is 8.04. The van der Waals surface area contributed by atoms with Gasteiger partial charge in [0.05, 0.1) is 17.0 Å². The third-order valence-electron chi connectivity index (χ3n) is 4.46. The van der Waals surface area contributed by atoms with Crippen LogP contribution in [0.1, 0.15) is 36.3 Å². The lowest BCUT2D eigenvalue weighted by Gasteiger charge is -2.28. The van der Waals surface area contributed by atoms with Gasteiger partial charge in [-0.05, 0) is 44.4 Å². The molecule has 0 saturated carbocycles. The van der Waals surface area contributed by atoms with E-state index in [0.717, 1.165) is 49.9 Å². The summed E-state index contributed by atoms with van der Waals surface area (Å²) in [6.07, 6.45) is -1.31. The Labute approximate surface area is 161 Å². The van der Waals surface area contributed by atoms with Crippen LogP contribution in [0, 0.1) is 6.92 Å². The van der Waals surface area contributed by atoms with E-state index in [4.69, 9.17) is 0 Å². The summed E-state index contributed by atoms with van der Waals surface area (Å²) in [6.45, 7) is 3.35. The van der Waals surface area contributed by atoms with Crippen LogP contribution in [0.5, 0.6) is 0 Å². The molecule has 3 rings (SSSR count). The van der Waals surface area contributed by atoms with Crippen LogP contribution in [-0.2, 0) is 22.7 Å². The van der Waals surface area contributed by atoms with Gasteiger partial charge in [-0.2, -0.15) is 13.2 Å². The number of aryl methyl sites for hydroxylation is 1. The van der Waals surface area contributed by atoms with Crippen LogP contribution in [0.25, 0.3) is 0 Å². The minimum Gasteiger partial charge on any atom is -0.357 e. The van der Waals surface area contributed by atoms with Gasteiger partial charge in [-0.3, -0.25) is 0 Å². The molecule has 2 heterocycles. The molecule has 10 heteroatoms. The van der Waals surface area contributed by atoms with Gasteiger partial charge in [0.25, 0.3) is 0 Å². The fourth-order valence-corrected chi connectivity index (χ4v) is 4.08. The Balaban J connectivity index is 1.77. The van der Waals surface area contributed by atoms with E-state index < -0.39 is 26.7 Å². The molecule has 0 atom stereocenters. The number of nitrogens with one attached hydrogen (secondary N) is 1. The summed E-state index contributed by atoms with van der Waals surface area (Å²) in [5.41, 5.74) is -0.321. The zero-order valence-electron chi connectivity index (χ0n) is 15.3. The Morgan fingerprint density at radius 3 is 2.50 bits per heavy atom. The first-order valence-electron chi connectivity index (χ1n) is 8.91. The average molecular weight is 414 g/mol. The van der Waals surface area contributed by atoms with Crippen molar-refractivity contribution in [2.24, 2.45) is 0 Å². The lowest BCUT2D eigenvalue weighted by molar-refractivity contribution is -0.137. The molecule has 6 nitrogen and oxygen atoms in total. The highest BCUT2D eigenvalue weighted by Gasteiger charge is 2.31. The highest BCUT2D eigenvalue weighted by Crippen LogP contribution is 2.30. The Morgan fingerprint density at radius 1 is 1.11 bits per heavy atom. The number of rotatable bonds is 5. The SMILES string of the molecule is Cc1cc(N2CCCCC2)nc(CNS(=O)(=O)c2cccc(C(F)(F)F)c2)n1. The van der Waals surface area contributed by atoms with Crippen molar-refractivity contribution in [3.05, 3.63) is 47.4 Å². The van der Waals surface area contributed by atoms with Crippen LogP contribution >= 0.6 is 0 Å². The molecular formula is C18H21F3N4O2S. The number of alkyl halides is 3. The monoisotopic (exact) mass is 414 g/mol. The van der Waals surface area contributed by atoms with Gasteiger partial charge in [-0.25, -0.2) is 23.1 Å². The number of piperidine rings is 1. The maximum Gasteiger partial charge on any atom is 0.416 e. The second-order valence-corrected chi connectivity index (χ2v) is 8.45. The van der Waals surface area contributed by atoms with Crippen molar-refractivity contribution in [3.63, 3.8) is 0 Å². The van der Waals surface area contributed by atoms with E-state index in [2.05, 4.69) is 19.6 Å². The third-order valence-corrected chi connectivity index (χ3v) is 5.86. The molecule has 1 fully saturated rings. The van der Waals surface area contributed by atoms with E-state index >= 15 is 0 Å². The molecule has 0 amide bonds. The van der Waals surface area contributed by atoms with Gasteiger partial charge in [0.1, 0.15) is 11.6 Å². The molecule has 1 aromatic heterocycles. The number of halogens is 3. The molecule has 1 aliphatic rings. The van der Waals surface area contributed by atoms with E-state index in [1.54, 1.807) is 6.92 Å². The minimum atomic E-state index is -4.62. The van der Waals surface area contributed by atoms with Crippen LogP contribution in [0.4, 0.5) is 19.0 Å². The largest absolute Gasteiger partial charge is 0.416 e. The van der Waals surface area contributed by atoms with Crippen molar-refractivity contribution in [2.45, 2.75) is 43.8 Å². The molecule has 152 valence electrons. The van der Waals surface area contributed by atoms with Gasteiger partial charge < -0.3 is 4.90 Å². The van der Waals surface area contributed by atoms with Gasteiger partial charge in [0.2, 0.25) is 10.0 Å². The van der Waals surface area contributed by atoms with Crippen molar-refractivity contribution >= 4 is 15.8 Å². The summed E-state index contributed by atoms with van der Waals surface area (Å²) < 4.78 is 65.6. The van der Waals surface area contributed by atoms with Gasteiger partial charge >= 0.3 is 6.18 Å². The topological polar surface area (TPSA) is 75.2 Å². The summed E-state index contributed by atoms with van der Waals surface area (Å²) in [5.74, 6) is 1.01. The number of anilines is 1. The maximum atomic E-state index is 12.8. The van der Waals surface area contributed by atoms with Crippen LogP contribution in [0.2, 0.25) is 0 Å². The first kappa shape index (κ1) is 20.5. The van der Waals surface area contributed by atoms with Crippen molar-refractivity contribution in [1.29, 1.82) is 0 Å². The van der Waals surface area contributed by atoms with Gasteiger partial charge in [-0.15, -0.1) is 0 Å². The van der Waals surface area contributed by atoms with E-state index in [1.807, 2.05) is 6.07 Å². The molecule has 1 aromatic carbocycles. The summed E-state index contributed by atoms with van der Waals surface area (Å²) in [5, 5.41) is 0. The summed E-state index contributed by atoms with van der Waals surface area (Å²) in [7, 11) is -4.14. The summed E-state index contributed by atoms with van der Waals surface area (Å²) in [6, 6.07) is 5.46. The van der Waals surface area contributed by atoms with Crippen molar-refractivity contribution in [1.82, 2.24) is 14.7 Å².